The monoisotopic (exact) mass is 244 g/mol. The Bertz CT molecular complexity index is 860. The van der Waals surface area contributed by atoms with Gasteiger partial charge in [0.05, 0.1) is 16.7 Å². The third-order valence-electron chi connectivity index (χ3n) is 3.41. The third kappa shape index (κ3) is 1.61. The molecule has 90 valence electrons. The molecule has 0 amide bonds. The zero-order valence-electron chi connectivity index (χ0n) is 10.3. The molecule has 0 unspecified atom stereocenters. The Balaban J connectivity index is 2.04. The number of nitrogens with zero attached hydrogens (tertiary/aromatic N) is 2. The van der Waals surface area contributed by atoms with Gasteiger partial charge < -0.3 is 0 Å². The van der Waals surface area contributed by atoms with Crippen molar-refractivity contribution in [3.63, 3.8) is 0 Å². The van der Waals surface area contributed by atoms with Crippen molar-refractivity contribution in [1.29, 1.82) is 0 Å². The number of rotatable bonds is 1. The van der Waals surface area contributed by atoms with Crippen molar-refractivity contribution in [3.8, 4) is 11.3 Å². The van der Waals surface area contributed by atoms with Crippen molar-refractivity contribution >= 4 is 16.4 Å². The molecule has 0 aliphatic carbocycles. The first-order chi connectivity index (χ1) is 9.42. The Kier molecular flexibility index (Phi) is 2.15. The van der Waals surface area contributed by atoms with E-state index in [0.717, 1.165) is 22.3 Å². The van der Waals surface area contributed by atoms with Gasteiger partial charge in [-0.3, -0.25) is 0 Å². The minimum absolute atomic E-state index is 1.01. The Hall–Kier alpha value is -2.61. The molecule has 2 heterocycles. The lowest BCUT2D eigenvalue weighted by molar-refractivity contribution is 1.01. The summed E-state index contributed by atoms with van der Waals surface area (Å²) in [6, 6.07) is 25.0. The van der Waals surface area contributed by atoms with Crippen LogP contribution in [0.5, 0.6) is 0 Å². The minimum atomic E-state index is 1.01. The molecule has 2 aromatic heterocycles. The van der Waals surface area contributed by atoms with Crippen LogP contribution in [0.1, 0.15) is 0 Å². The Morgan fingerprint density at radius 1 is 0.737 bits per heavy atom. The average Bonchev–Trinajstić information content (AvgIpc) is 2.93. The second-order valence-electron chi connectivity index (χ2n) is 4.62. The molecule has 2 aromatic carbocycles. The SMILES string of the molecule is c1ccc(-c2cc3ccc4ccccc4n3n2)cc1. The highest BCUT2D eigenvalue weighted by Gasteiger charge is 2.06. The van der Waals surface area contributed by atoms with E-state index >= 15 is 0 Å². The largest absolute Gasteiger partial charge is 0.232 e. The van der Waals surface area contributed by atoms with Crippen LogP contribution in [0.15, 0.2) is 72.8 Å². The molecule has 2 heteroatoms. The number of fused-ring (bicyclic) bond motifs is 3. The molecule has 0 spiro atoms. The number of benzene rings is 2. The highest BCUT2D eigenvalue weighted by molar-refractivity contribution is 5.83. The third-order valence-corrected chi connectivity index (χ3v) is 3.41. The molecule has 0 aliphatic heterocycles. The summed E-state index contributed by atoms with van der Waals surface area (Å²) in [5.41, 5.74) is 4.42. The summed E-state index contributed by atoms with van der Waals surface area (Å²) in [6.07, 6.45) is 0. The van der Waals surface area contributed by atoms with Gasteiger partial charge in [0.2, 0.25) is 0 Å². The summed E-state index contributed by atoms with van der Waals surface area (Å²) < 4.78 is 2.01. The minimum Gasteiger partial charge on any atom is -0.232 e. The second-order valence-corrected chi connectivity index (χ2v) is 4.62. The van der Waals surface area contributed by atoms with E-state index in [1.165, 1.54) is 5.39 Å². The summed E-state index contributed by atoms with van der Waals surface area (Å²) in [7, 11) is 0. The number of pyridine rings is 1. The molecule has 0 fully saturated rings. The molecule has 0 radical (unpaired) electrons. The lowest BCUT2D eigenvalue weighted by Gasteiger charge is -2.00. The van der Waals surface area contributed by atoms with Crippen LogP contribution in [0, 0.1) is 0 Å². The number of hydrogen-bond acceptors (Lipinski definition) is 1. The van der Waals surface area contributed by atoms with E-state index in [-0.39, 0.29) is 0 Å². The molecular formula is C17H12N2. The smallest absolute Gasteiger partial charge is 0.0933 e. The maximum absolute atomic E-state index is 4.73. The van der Waals surface area contributed by atoms with Crippen LogP contribution in [-0.4, -0.2) is 9.61 Å². The summed E-state index contributed by atoms with van der Waals surface area (Å²) in [5, 5.41) is 5.93. The van der Waals surface area contributed by atoms with Crippen LogP contribution in [0.25, 0.3) is 27.7 Å². The van der Waals surface area contributed by atoms with Crippen molar-refractivity contribution in [3.05, 3.63) is 72.8 Å². The van der Waals surface area contributed by atoms with Crippen LogP contribution >= 0.6 is 0 Å². The van der Waals surface area contributed by atoms with Crippen molar-refractivity contribution in [2.45, 2.75) is 0 Å². The standard InChI is InChI=1S/C17H12N2/c1-2-6-13(7-3-1)16-12-15-11-10-14-8-4-5-9-17(14)19(15)18-16/h1-12H. The van der Waals surface area contributed by atoms with E-state index in [0.29, 0.717) is 0 Å². The molecule has 0 aliphatic rings. The van der Waals surface area contributed by atoms with Gasteiger partial charge in [-0.25, -0.2) is 4.52 Å². The molecule has 4 rings (SSSR count). The van der Waals surface area contributed by atoms with Gasteiger partial charge in [0.25, 0.3) is 0 Å². The van der Waals surface area contributed by atoms with E-state index in [2.05, 4.69) is 48.5 Å². The van der Waals surface area contributed by atoms with Gasteiger partial charge in [-0.15, -0.1) is 0 Å². The lowest BCUT2D eigenvalue weighted by atomic mass is 10.1. The molecule has 2 nitrogen and oxygen atoms in total. The normalized spacial score (nSPS) is 11.2. The highest BCUT2D eigenvalue weighted by Crippen LogP contribution is 2.22. The van der Waals surface area contributed by atoms with Crippen molar-refractivity contribution < 1.29 is 0 Å². The summed E-state index contributed by atoms with van der Waals surface area (Å²) >= 11 is 0. The van der Waals surface area contributed by atoms with E-state index in [1.807, 2.05) is 28.8 Å². The van der Waals surface area contributed by atoms with E-state index in [1.54, 1.807) is 0 Å². The molecule has 0 N–H and O–H groups in total. The van der Waals surface area contributed by atoms with Gasteiger partial charge in [0.1, 0.15) is 0 Å². The molecule has 4 aromatic rings. The predicted molar refractivity (Wildman–Crippen MR) is 78.1 cm³/mol. The maximum Gasteiger partial charge on any atom is 0.0933 e. The zero-order valence-corrected chi connectivity index (χ0v) is 10.3. The lowest BCUT2D eigenvalue weighted by Crippen LogP contribution is -1.89. The van der Waals surface area contributed by atoms with Crippen LogP contribution in [0.4, 0.5) is 0 Å². The van der Waals surface area contributed by atoms with Crippen LogP contribution in [0.3, 0.4) is 0 Å². The molecule has 19 heavy (non-hydrogen) atoms. The van der Waals surface area contributed by atoms with Gasteiger partial charge >= 0.3 is 0 Å². The Labute approximate surface area is 110 Å². The number of hydrogen-bond donors (Lipinski definition) is 0. The highest BCUT2D eigenvalue weighted by atomic mass is 15.2. The molecule has 0 saturated heterocycles. The van der Waals surface area contributed by atoms with E-state index in [9.17, 15) is 0 Å². The fourth-order valence-electron chi connectivity index (χ4n) is 2.45. The second kappa shape index (κ2) is 3.95. The van der Waals surface area contributed by atoms with Crippen LogP contribution in [0.2, 0.25) is 0 Å². The summed E-state index contributed by atoms with van der Waals surface area (Å²) in [5.74, 6) is 0. The quantitative estimate of drug-likeness (QED) is 0.491. The van der Waals surface area contributed by atoms with Gasteiger partial charge in [-0.2, -0.15) is 5.10 Å². The first-order valence-corrected chi connectivity index (χ1v) is 6.35. The molecular weight excluding hydrogens is 232 g/mol. The topological polar surface area (TPSA) is 17.3 Å². The van der Waals surface area contributed by atoms with Gasteiger partial charge in [0.15, 0.2) is 0 Å². The first kappa shape index (κ1) is 10.3. The van der Waals surface area contributed by atoms with Gasteiger partial charge in [-0.1, -0.05) is 54.6 Å². The van der Waals surface area contributed by atoms with Gasteiger partial charge in [-0.05, 0) is 18.2 Å². The maximum atomic E-state index is 4.73. The number of para-hydroxylation sites is 1. The van der Waals surface area contributed by atoms with E-state index in [4.69, 9.17) is 5.10 Å². The Morgan fingerprint density at radius 3 is 2.42 bits per heavy atom. The molecule has 0 bridgehead atoms. The van der Waals surface area contributed by atoms with Crippen molar-refractivity contribution in [1.82, 2.24) is 9.61 Å². The average molecular weight is 244 g/mol. The Morgan fingerprint density at radius 2 is 1.53 bits per heavy atom. The van der Waals surface area contributed by atoms with Crippen LogP contribution < -0.4 is 0 Å². The predicted octanol–water partition coefficient (Wildman–Crippen LogP) is 4.15. The number of aromatic nitrogens is 2. The van der Waals surface area contributed by atoms with Gasteiger partial charge in [0, 0.05) is 10.9 Å². The van der Waals surface area contributed by atoms with Crippen molar-refractivity contribution in [2.24, 2.45) is 0 Å². The van der Waals surface area contributed by atoms with Crippen molar-refractivity contribution in [2.75, 3.05) is 0 Å². The molecule has 0 atom stereocenters. The fraction of sp³-hybridized carbons (Fsp3) is 0. The summed E-state index contributed by atoms with van der Waals surface area (Å²) in [6.45, 7) is 0. The zero-order chi connectivity index (χ0) is 12.7. The fourth-order valence-corrected chi connectivity index (χ4v) is 2.45. The molecule has 0 saturated carbocycles. The van der Waals surface area contributed by atoms with E-state index < -0.39 is 0 Å². The summed E-state index contributed by atoms with van der Waals surface area (Å²) in [4.78, 5) is 0. The van der Waals surface area contributed by atoms with Crippen LogP contribution in [-0.2, 0) is 0 Å². The first-order valence-electron chi connectivity index (χ1n) is 6.35.